The van der Waals surface area contributed by atoms with Gasteiger partial charge in [0.05, 0.1) is 20.4 Å². The SMILES string of the molecule is CC(C)OC(=O)C(CCCCNCC(O)COc1c(I)cc(Oc2c(I)cc(CC(NC(=O)OC(C)(C)C)C(=O)O)cc2I)cc1I)N(C)C. The van der Waals surface area contributed by atoms with Crippen LogP contribution < -0.4 is 20.1 Å². The van der Waals surface area contributed by atoms with Crippen molar-refractivity contribution in [3.63, 3.8) is 0 Å². The summed E-state index contributed by atoms with van der Waals surface area (Å²) in [4.78, 5) is 38.3. The van der Waals surface area contributed by atoms with Crippen LogP contribution in [-0.2, 0) is 25.5 Å². The molecule has 2 aromatic rings. The van der Waals surface area contributed by atoms with Gasteiger partial charge < -0.3 is 39.8 Å². The molecule has 50 heavy (non-hydrogen) atoms. The molecule has 0 radical (unpaired) electrons. The van der Waals surface area contributed by atoms with Crippen molar-refractivity contribution in [1.29, 1.82) is 0 Å². The number of nitrogens with zero attached hydrogens (tertiary/aromatic N) is 1. The molecule has 0 aromatic heterocycles. The van der Waals surface area contributed by atoms with Gasteiger partial charge in [-0.25, -0.2) is 9.59 Å². The lowest BCUT2D eigenvalue weighted by molar-refractivity contribution is -0.153. The maximum atomic E-state index is 12.3. The topological polar surface area (TPSA) is 156 Å². The highest BCUT2D eigenvalue weighted by atomic mass is 127. The van der Waals surface area contributed by atoms with Crippen molar-refractivity contribution in [3.05, 3.63) is 44.1 Å². The number of esters is 1. The Hall–Kier alpha value is -0.950. The number of halogens is 4. The number of likely N-dealkylation sites (N-methyl/N-ethyl adjacent to an activating group) is 1. The second-order valence-corrected chi connectivity index (χ2v) is 17.7. The summed E-state index contributed by atoms with van der Waals surface area (Å²) in [5.74, 6) is 0.506. The normalized spacial score (nSPS) is 13.5. The number of alkyl carbamates (subject to hydrolysis) is 1. The molecule has 0 aliphatic rings. The number of benzene rings is 2. The van der Waals surface area contributed by atoms with E-state index >= 15 is 0 Å². The van der Waals surface area contributed by atoms with Crippen LogP contribution >= 0.6 is 90.4 Å². The summed E-state index contributed by atoms with van der Waals surface area (Å²) in [6, 6.07) is 5.93. The highest BCUT2D eigenvalue weighted by molar-refractivity contribution is 14.1. The van der Waals surface area contributed by atoms with Crippen LogP contribution in [0.3, 0.4) is 0 Å². The molecule has 280 valence electrons. The molecular weight excluding hydrogens is 1100 g/mol. The second-order valence-electron chi connectivity index (χ2n) is 13.1. The standard InChI is InChI=1S/C34H47I4N3O9/c1-19(2)48-32(45)28(41(6)7)10-8-9-11-39-17-21(42)18-47-29-25(37)15-22(16-26(29)38)49-30-23(35)12-20(13-24(30)36)14-27(31(43)44)40-33(46)50-34(3,4)5/h12-13,15-16,19,21,27-28,39,42H,8-11,14,17-18H2,1-7H3,(H,40,46)(H,43,44). The van der Waals surface area contributed by atoms with Crippen molar-refractivity contribution < 1.29 is 43.5 Å². The minimum atomic E-state index is -1.16. The predicted octanol–water partition coefficient (Wildman–Crippen LogP) is 6.80. The highest BCUT2D eigenvalue weighted by Gasteiger charge is 2.26. The molecule has 4 N–H and O–H groups in total. The molecular formula is C34H47I4N3O9. The first-order valence-electron chi connectivity index (χ1n) is 16.0. The number of ether oxygens (including phenoxy) is 4. The Balaban J connectivity index is 1.92. The number of hydrogen-bond acceptors (Lipinski definition) is 10. The molecule has 0 bridgehead atoms. The fourth-order valence-electron chi connectivity index (χ4n) is 4.56. The average molecular weight is 1150 g/mol. The van der Waals surface area contributed by atoms with Crippen LogP contribution in [0.25, 0.3) is 0 Å². The molecule has 0 saturated heterocycles. The van der Waals surface area contributed by atoms with E-state index in [2.05, 4.69) is 101 Å². The van der Waals surface area contributed by atoms with Crippen molar-refractivity contribution in [3.8, 4) is 17.2 Å². The van der Waals surface area contributed by atoms with Gasteiger partial charge in [0, 0.05) is 13.0 Å². The first-order valence-corrected chi connectivity index (χ1v) is 20.3. The van der Waals surface area contributed by atoms with Gasteiger partial charge in [-0.15, -0.1) is 0 Å². The van der Waals surface area contributed by atoms with Gasteiger partial charge in [0.25, 0.3) is 0 Å². The van der Waals surface area contributed by atoms with Gasteiger partial charge in [-0.3, -0.25) is 9.69 Å². The first-order chi connectivity index (χ1) is 23.3. The molecule has 12 nitrogen and oxygen atoms in total. The molecule has 0 spiro atoms. The largest absolute Gasteiger partial charge is 0.489 e. The van der Waals surface area contributed by atoms with E-state index in [1.54, 1.807) is 20.8 Å². The third-order valence-electron chi connectivity index (χ3n) is 6.81. The maximum absolute atomic E-state index is 12.3. The van der Waals surface area contributed by atoms with Gasteiger partial charge in [0.1, 0.15) is 41.9 Å². The van der Waals surface area contributed by atoms with Crippen molar-refractivity contribution in [1.82, 2.24) is 15.5 Å². The average Bonchev–Trinajstić information content (AvgIpc) is 2.96. The predicted molar refractivity (Wildman–Crippen MR) is 225 cm³/mol. The molecule has 1 amide bonds. The van der Waals surface area contributed by atoms with Crippen LogP contribution in [-0.4, -0.2) is 96.8 Å². The number of nitrogens with one attached hydrogen (secondary N) is 2. The van der Waals surface area contributed by atoms with E-state index in [0.29, 0.717) is 36.8 Å². The Morgan fingerprint density at radius 1 is 0.920 bits per heavy atom. The number of amides is 1. The van der Waals surface area contributed by atoms with E-state index in [-0.39, 0.29) is 31.1 Å². The van der Waals surface area contributed by atoms with Gasteiger partial charge in [0.2, 0.25) is 0 Å². The molecule has 0 fully saturated rings. The van der Waals surface area contributed by atoms with Crippen LogP contribution in [0.15, 0.2) is 24.3 Å². The number of unbranched alkanes of at least 4 members (excludes halogenated alkanes) is 1. The van der Waals surface area contributed by atoms with Crippen LogP contribution in [0.5, 0.6) is 17.2 Å². The number of carboxylic acids is 1. The summed E-state index contributed by atoms with van der Waals surface area (Å²) in [5.41, 5.74) is -0.0289. The summed E-state index contributed by atoms with van der Waals surface area (Å²) in [6.07, 6.45) is 0.833. The maximum Gasteiger partial charge on any atom is 0.408 e. The van der Waals surface area contributed by atoms with Crippen LogP contribution in [0.1, 0.15) is 59.4 Å². The van der Waals surface area contributed by atoms with E-state index in [1.807, 2.05) is 57.1 Å². The zero-order chi connectivity index (χ0) is 37.8. The van der Waals surface area contributed by atoms with Crippen molar-refractivity contribution >= 4 is 108 Å². The molecule has 0 saturated carbocycles. The quantitative estimate of drug-likeness (QED) is 0.0668. The molecule has 0 heterocycles. The Morgan fingerprint density at radius 3 is 2.02 bits per heavy atom. The van der Waals surface area contributed by atoms with E-state index in [4.69, 9.17) is 18.9 Å². The first kappa shape index (κ1) is 45.2. The summed E-state index contributed by atoms with van der Waals surface area (Å²) >= 11 is 8.65. The van der Waals surface area contributed by atoms with Crippen molar-refractivity contribution in [2.45, 2.75) is 90.2 Å². The second kappa shape index (κ2) is 21.7. The monoisotopic (exact) mass is 1150 g/mol. The van der Waals surface area contributed by atoms with Gasteiger partial charge >= 0.3 is 18.0 Å². The Bertz CT molecular complexity index is 1410. The lowest BCUT2D eigenvalue weighted by atomic mass is 10.1. The molecule has 3 atom stereocenters. The zero-order valence-electron chi connectivity index (χ0n) is 29.3. The van der Waals surface area contributed by atoms with E-state index in [1.165, 1.54) is 0 Å². The van der Waals surface area contributed by atoms with Gasteiger partial charge in [-0.05, 0) is 188 Å². The molecule has 2 rings (SSSR count). The zero-order valence-corrected chi connectivity index (χ0v) is 37.9. The fraction of sp³-hybridized carbons (Fsp3) is 0.559. The number of hydrogen-bond donors (Lipinski definition) is 4. The molecule has 16 heteroatoms. The Labute approximate surface area is 349 Å². The lowest BCUT2D eigenvalue weighted by Crippen LogP contribution is -2.44. The number of aliphatic hydroxyl groups is 1. The number of carboxylic acid groups (broad SMARTS) is 1. The van der Waals surface area contributed by atoms with Crippen LogP contribution in [0.2, 0.25) is 0 Å². The fourth-order valence-corrected chi connectivity index (χ4v) is 8.70. The minimum Gasteiger partial charge on any atom is -0.489 e. The minimum absolute atomic E-state index is 0.0673. The van der Waals surface area contributed by atoms with E-state index in [9.17, 15) is 24.6 Å². The van der Waals surface area contributed by atoms with Crippen molar-refractivity contribution in [2.75, 3.05) is 33.8 Å². The van der Waals surface area contributed by atoms with Gasteiger partial charge in [0.15, 0.2) is 5.75 Å². The third-order valence-corrected chi connectivity index (χ3v) is 10.0. The van der Waals surface area contributed by atoms with Crippen molar-refractivity contribution in [2.24, 2.45) is 0 Å². The number of carbonyl (C=O) groups is 3. The summed E-state index contributed by atoms with van der Waals surface area (Å²) in [6.45, 7) is 10.0. The molecule has 0 aliphatic heterocycles. The van der Waals surface area contributed by atoms with Crippen LogP contribution in [0.4, 0.5) is 4.79 Å². The lowest BCUT2D eigenvalue weighted by Gasteiger charge is -2.23. The summed E-state index contributed by atoms with van der Waals surface area (Å²) < 4.78 is 26.0. The van der Waals surface area contributed by atoms with E-state index in [0.717, 1.165) is 32.7 Å². The molecule has 3 unspecified atom stereocenters. The number of aliphatic carboxylic acids is 1. The smallest absolute Gasteiger partial charge is 0.408 e. The number of rotatable bonds is 19. The number of aliphatic hydroxyl groups excluding tert-OH is 1. The summed E-state index contributed by atoms with van der Waals surface area (Å²) in [7, 11) is 3.75. The van der Waals surface area contributed by atoms with Gasteiger partial charge in [-0.1, -0.05) is 6.42 Å². The summed E-state index contributed by atoms with van der Waals surface area (Å²) in [5, 5.41) is 25.9. The highest BCUT2D eigenvalue weighted by Crippen LogP contribution is 2.37. The molecule has 0 aliphatic carbocycles. The van der Waals surface area contributed by atoms with Crippen LogP contribution in [0, 0.1) is 14.3 Å². The number of carbonyl (C=O) groups excluding carboxylic acids is 2. The Kier molecular flexibility index (Phi) is 19.6. The van der Waals surface area contributed by atoms with Gasteiger partial charge in [-0.2, -0.15) is 0 Å². The third kappa shape index (κ3) is 16.4. The van der Waals surface area contributed by atoms with E-state index < -0.39 is 29.8 Å². The molecule has 2 aromatic carbocycles. The Morgan fingerprint density at radius 2 is 1.50 bits per heavy atom.